The van der Waals surface area contributed by atoms with Gasteiger partial charge in [0.25, 0.3) is 0 Å². The van der Waals surface area contributed by atoms with Gasteiger partial charge in [0, 0.05) is 29.4 Å². The number of rotatable bonds is 9. The monoisotopic (exact) mass is 502 g/mol. The van der Waals surface area contributed by atoms with Gasteiger partial charge in [-0.05, 0) is 42.7 Å². The number of amides is 1. The Kier molecular flexibility index (Phi) is 6.35. The van der Waals surface area contributed by atoms with Crippen LogP contribution in [-0.2, 0) is 16.2 Å². The number of carboxylic acid groups (broad SMARTS) is 1. The number of carbonyl (C=O) groups excluding carboxylic acids is 1. The number of carbonyl (C=O) groups is 2. The average molecular weight is 502 g/mol. The molecular formula is C28H23FN2O6. The minimum Gasteiger partial charge on any atom is -0.493 e. The molecule has 0 aliphatic heterocycles. The first-order chi connectivity index (χ1) is 17.9. The maximum atomic E-state index is 14.9. The van der Waals surface area contributed by atoms with E-state index in [9.17, 15) is 19.1 Å². The number of hydrogen-bond donors (Lipinski definition) is 2. The summed E-state index contributed by atoms with van der Waals surface area (Å²) in [5, 5.41) is 12.3. The number of hydrogen-bond acceptors (Lipinski definition) is 6. The number of benzene rings is 3. The second-order valence-electron chi connectivity index (χ2n) is 8.69. The van der Waals surface area contributed by atoms with Gasteiger partial charge in [-0.2, -0.15) is 0 Å². The molecule has 1 saturated carbocycles. The van der Waals surface area contributed by atoms with Crippen molar-refractivity contribution in [1.29, 1.82) is 0 Å². The fourth-order valence-electron chi connectivity index (χ4n) is 3.92. The number of aliphatic carboxylic acids is 1. The minimum absolute atomic E-state index is 0.0757. The van der Waals surface area contributed by atoms with E-state index >= 15 is 0 Å². The number of ether oxygens (including phenoxy) is 3. The number of fused-ring (bicyclic) bond motifs is 1. The van der Waals surface area contributed by atoms with Crippen molar-refractivity contribution in [2.75, 3.05) is 12.4 Å². The van der Waals surface area contributed by atoms with E-state index in [1.165, 1.54) is 19.2 Å². The Balaban J connectivity index is 1.36. The van der Waals surface area contributed by atoms with Crippen LogP contribution in [0.2, 0.25) is 0 Å². The van der Waals surface area contributed by atoms with Crippen molar-refractivity contribution in [3.8, 4) is 23.0 Å². The number of halogens is 1. The maximum absolute atomic E-state index is 14.9. The van der Waals surface area contributed by atoms with Gasteiger partial charge in [0.1, 0.15) is 17.8 Å². The molecule has 1 fully saturated rings. The van der Waals surface area contributed by atoms with Crippen molar-refractivity contribution in [2.24, 2.45) is 5.41 Å². The van der Waals surface area contributed by atoms with Crippen molar-refractivity contribution >= 4 is 28.5 Å². The van der Waals surface area contributed by atoms with Gasteiger partial charge in [0.05, 0.1) is 12.6 Å². The summed E-state index contributed by atoms with van der Waals surface area (Å²) in [6.07, 6.45) is 2.06. The van der Waals surface area contributed by atoms with E-state index in [-0.39, 0.29) is 24.3 Å². The van der Waals surface area contributed by atoms with Gasteiger partial charge in [-0.3, -0.25) is 14.6 Å². The van der Waals surface area contributed by atoms with E-state index in [0.717, 1.165) is 11.6 Å². The van der Waals surface area contributed by atoms with Crippen LogP contribution in [0.4, 0.5) is 10.1 Å². The fraction of sp³-hybridized carbons (Fsp3) is 0.179. The van der Waals surface area contributed by atoms with Crippen LogP contribution in [0.15, 0.2) is 72.9 Å². The molecule has 0 bridgehead atoms. The molecule has 0 saturated heterocycles. The van der Waals surface area contributed by atoms with Crippen LogP contribution in [0.3, 0.4) is 0 Å². The zero-order chi connectivity index (χ0) is 26.0. The summed E-state index contributed by atoms with van der Waals surface area (Å²) < 4.78 is 32.2. The Bertz CT molecular complexity index is 1490. The van der Waals surface area contributed by atoms with Crippen molar-refractivity contribution in [1.82, 2.24) is 4.98 Å². The molecule has 4 aromatic rings. The van der Waals surface area contributed by atoms with E-state index in [1.807, 2.05) is 30.3 Å². The molecule has 0 atom stereocenters. The largest absolute Gasteiger partial charge is 0.493 e. The van der Waals surface area contributed by atoms with Crippen LogP contribution >= 0.6 is 0 Å². The summed E-state index contributed by atoms with van der Waals surface area (Å²) in [5.74, 6) is -1.33. The Labute approximate surface area is 211 Å². The van der Waals surface area contributed by atoms with Crippen LogP contribution in [0.1, 0.15) is 18.4 Å². The second-order valence-corrected chi connectivity index (χ2v) is 8.69. The molecule has 1 amide bonds. The van der Waals surface area contributed by atoms with Gasteiger partial charge in [-0.1, -0.05) is 30.3 Å². The number of carboxylic acids is 1. The summed E-state index contributed by atoms with van der Waals surface area (Å²) in [6, 6.07) is 18.7. The SMILES string of the molecule is COc1cc2c(Oc3ccc(NC(=O)C4(C(=O)O)CC4)cc3F)ccnc2cc1OCc1ccccc1. The second kappa shape index (κ2) is 9.77. The molecule has 1 heterocycles. The molecule has 2 N–H and O–H groups in total. The third-order valence-corrected chi connectivity index (χ3v) is 6.23. The third kappa shape index (κ3) is 4.88. The Morgan fingerprint density at radius 3 is 2.46 bits per heavy atom. The predicted molar refractivity (Wildman–Crippen MR) is 133 cm³/mol. The molecule has 0 spiro atoms. The van der Waals surface area contributed by atoms with Crippen LogP contribution in [0, 0.1) is 11.2 Å². The van der Waals surface area contributed by atoms with Crippen molar-refractivity contribution in [3.05, 3.63) is 84.3 Å². The molecule has 0 unspecified atom stereocenters. The van der Waals surface area contributed by atoms with Crippen LogP contribution in [-0.4, -0.2) is 29.1 Å². The van der Waals surface area contributed by atoms with Crippen molar-refractivity contribution in [2.45, 2.75) is 19.4 Å². The zero-order valence-corrected chi connectivity index (χ0v) is 19.9. The standard InChI is InChI=1S/C28H23FN2O6/c1-35-24-14-19-21(15-25(24)36-16-17-5-3-2-4-6-17)30-12-9-22(19)37-23-8-7-18(13-20(23)29)31-26(32)28(10-11-28)27(33)34/h2-9,12-15H,10-11,16H2,1H3,(H,31,32)(H,33,34). The minimum atomic E-state index is -1.43. The normalized spacial score (nSPS) is 13.6. The first kappa shape index (κ1) is 24.1. The number of aromatic nitrogens is 1. The molecule has 1 aliphatic carbocycles. The lowest BCUT2D eigenvalue weighted by Crippen LogP contribution is -2.31. The molecular weight excluding hydrogens is 479 g/mol. The van der Waals surface area contributed by atoms with E-state index in [0.29, 0.717) is 34.8 Å². The van der Waals surface area contributed by atoms with E-state index in [2.05, 4.69) is 10.3 Å². The highest BCUT2D eigenvalue weighted by Crippen LogP contribution is 2.47. The Morgan fingerprint density at radius 1 is 1.00 bits per heavy atom. The topological polar surface area (TPSA) is 107 Å². The Morgan fingerprint density at radius 2 is 1.78 bits per heavy atom. The Hall–Kier alpha value is -4.66. The van der Waals surface area contributed by atoms with Crippen LogP contribution in [0.5, 0.6) is 23.0 Å². The summed E-state index contributed by atoms with van der Waals surface area (Å²) in [5.41, 5.74) is 0.280. The van der Waals surface area contributed by atoms with Gasteiger partial charge in [0.15, 0.2) is 23.1 Å². The van der Waals surface area contributed by atoms with Gasteiger partial charge in [-0.25, -0.2) is 4.39 Å². The number of methoxy groups -OCH3 is 1. The quantitative estimate of drug-likeness (QED) is 0.289. The lowest BCUT2D eigenvalue weighted by Gasteiger charge is -2.15. The molecule has 0 radical (unpaired) electrons. The number of pyridine rings is 1. The summed E-state index contributed by atoms with van der Waals surface area (Å²) >= 11 is 0. The first-order valence-electron chi connectivity index (χ1n) is 11.6. The number of nitrogens with one attached hydrogen (secondary N) is 1. The molecule has 9 heteroatoms. The van der Waals surface area contributed by atoms with E-state index in [1.54, 1.807) is 24.4 Å². The summed E-state index contributed by atoms with van der Waals surface area (Å²) in [6.45, 7) is 0.348. The molecule has 8 nitrogen and oxygen atoms in total. The molecule has 37 heavy (non-hydrogen) atoms. The average Bonchev–Trinajstić information content (AvgIpc) is 3.72. The maximum Gasteiger partial charge on any atom is 0.319 e. The lowest BCUT2D eigenvalue weighted by atomic mass is 10.1. The highest BCUT2D eigenvalue weighted by Gasteiger charge is 2.57. The highest BCUT2D eigenvalue weighted by atomic mass is 19.1. The van der Waals surface area contributed by atoms with Crippen LogP contribution in [0.25, 0.3) is 10.9 Å². The molecule has 3 aromatic carbocycles. The van der Waals surface area contributed by atoms with E-state index < -0.39 is 23.1 Å². The number of nitrogens with zero attached hydrogens (tertiary/aromatic N) is 1. The van der Waals surface area contributed by atoms with Gasteiger partial charge in [-0.15, -0.1) is 0 Å². The predicted octanol–water partition coefficient (Wildman–Crippen LogP) is 5.56. The third-order valence-electron chi connectivity index (χ3n) is 6.23. The van der Waals surface area contributed by atoms with Crippen molar-refractivity contribution in [3.63, 3.8) is 0 Å². The summed E-state index contributed by atoms with van der Waals surface area (Å²) in [7, 11) is 1.52. The fourth-order valence-corrected chi connectivity index (χ4v) is 3.92. The lowest BCUT2D eigenvalue weighted by molar-refractivity contribution is -0.147. The number of anilines is 1. The molecule has 1 aromatic heterocycles. The highest BCUT2D eigenvalue weighted by molar-refractivity contribution is 6.10. The molecule has 1 aliphatic rings. The molecule has 188 valence electrons. The van der Waals surface area contributed by atoms with Gasteiger partial charge >= 0.3 is 5.97 Å². The zero-order valence-electron chi connectivity index (χ0n) is 19.9. The first-order valence-corrected chi connectivity index (χ1v) is 11.6. The smallest absolute Gasteiger partial charge is 0.319 e. The van der Waals surface area contributed by atoms with E-state index in [4.69, 9.17) is 14.2 Å². The van der Waals surface area contributed by atoms with Crippen LogP contribution < -0.4 is 19.5 Å². The summed E-state index contributed by atoms with van der Waals surface area (Å²) in [4.78, 5) is 28.0. The molecule has 5 rings (SSSR count). The van der Waals surface area contributed by atoms with Crippen molar-refractivity contribution < 1.29 is 33.3 Å². The van der Waals surface area contributed by atoms with Gasteiger partial charge in [0.2, 0.25) is 5.91 Å². The van der Waals surface area contributed by atoms with Gasteiger partial charge < -0.3 is 24.6 Å².